The lowest BCUT2D eigenvalue weighted by Gasteiger charge is -2.45. The molecule has 0 aliphatic heterocycles. The molecule has 3 rings (SSSR count). The minimum atomic E-state index is -5.07. The van der Waals surface area contributed by atoms with Crippen molar-refractivity contribution in [2.75, 3.05) is 5.75 Å². The number of hydrogen-bond donors (Lipinski definition) is 0. The zero-order chi connectivity index (χ0) is 28.9. The van der Waals surface area contributed by atoms with E-state index in [9.17, 15) is 52.0 Å². The molecule has 0 heterocycles. The Kier molecular flexibility index (Phi) is 8.04. The lowest BCUT2D eigenvalue weighted by molar-refractivity contribution is -0.140. The van der Waals surface area contributed by atoms with Crippen LogP contribution in [0, 0.1) is 23.5 Å². The largest absolute Gasteiger partial charge is 0.419 e. The van der Waals surface area contributed by atoms with Gasteiger partial charge in [0.2, 0.25) is 0 Å². The molecule has 0 atom stereocenters. The van der Waals surface area contributed by atoms with E-state index in [0.29, 0.717) is 37.5 Å². The van der Waals surface area contributed by atoms with E-state index >= 15 is 0 Å². The fraction of sp³-hybridized carbons (Fsp3) is 0.500. The molecule has 38 heavy (non-hydrogen) atoms. The van der Waals surface area contributed by atoms with Crippen LogP contribution < -0.4 is 0 Å². The molecule has 0 bridgehead atoms. The van der Waals surface area contributed by atoms with Crippen molar-refractivity contribution in [3.8, 4) is 0 Å². The van der Waals surface area contributed by atoms with Crippen molar-refractivity contribution in [3.05, 3.63) is 59.2 Å². The van der Waals surface area contributed by atoms with E-state index in [-0.39, 0.29) is 24.5 Å². The molecule has 0 saturated heterocycles. The number of sulfone groups is 2. The maximum Gasteiger partial charge on any atom is 0.419 e. The summed E-state index contributed by atoms with van der Waals surface area (Å²) < 4.78 is 155. The van der Waals surface area contributed by atoms with E-state index in [1.54, 1.807) is 0 Å². The van der Waals surface area contributed by atoms with Crippen LogP contribution in [0.25, 0.3) is 0 Å². The molecule has 4 nitrogen and oxygen atoms in total. The van der Waals surface area contributed by atoms with Gasteiger partial charge in [0.05, 0.1) is 31.4 Å². The van der Waals surface area contributed by atoms with Crippen LogP contribution in [0.1, 0.15) is 50.7 Å². The van der Waals surface area contributed by atoms with Crippen LogP contribution >= 0.6 is 0 Å². The van der Waals surface area contributed by atoms with Crippen molar-refractivity contribution in [2.45, 2.75) is 66.4 Å². The van der Waals surface area contributed by atoms with Gasteiger partial charge in [-0.1, -0.05) is 0 Å². The zero-order valence-corrected chi connectivity index (χ0v) is 21.8. The fourth-order valence-electron chi connectivity index (χ4n) is 4.54. The van der Waals surface area contributed by atoms with Crippen LogP contribution in [0.2, 0.25) is 0 Å². The third-order valence-corrected chi connectivity index (χ3v) is 11.4. The number of hydrogen-bond acceptors (Lipinski definition) is 4. The van der Waals surface area contributed by atoms with E-state index in [2.05, 4.69) is 0 Å². The second kappa shape index (κ2) is 10.1. The predicted molar refractivity (Wildman–Crippen MR) is 122 cm³/mol. The van der Waals surface area contributed by atoms with Crippen LogP contribution in [0.5, 0.6) is 0 Å². The number of rotatable bonds is 8. The summed E-state index contributed by atoms with van der Waals surface area (Å²) >= 11 is 0. The molecule has 14 heteroatoms. The predicted octanol–water partition coefficient (Wildman–Crippen LogP) is 6.84. The Bertz CT molecular complexity index is 1410. The molecule has 2 aromatic carbocycles. The van der Waals surface area contributed by atoms with Crippen LogP contribution in [-0.2, 0) is 32.0 Å². The Hall–Kier alpha value is -2.22. The lowest BCUT2D eigenvalue weighted by atomic mass is 9.67. The van der Waals surface area contributed by atoms with Gasteiger partial charge in [-0.2, -0.15) is 26.3 Å². The highest BCUT2D eigenvalue weighted by Gasteiger charge is 2.49. The highest BCUT2D eigenvalue weighted by atomic mass is 32.2. The van der Waals surface area contributed by atoms with Gasteiger partial charge in [0.1, 0.15) is 11.6 Å². The van der Waals surface area contributed by atoms with Crippen molar-refractivity contribution < 1.29 is 52.0 Å². The first-order valence-electron chi connectivity index (χ1n) is 11.4. The van der Waals surface area contributed by atoms with Crippen molar-refractivity contribution >= 4 is 19.7 Å². The average Bonchev–Trinajstić information content (AvgIpc) is 2.73. The molecule has 0 amide bonds. The number of halogens is 8. The van der Waals surface area contributed by atoms with Gasteiger partial charge in [0.15, 0.2) is 19.7 Å². The van der Waals surface area contributed by atoms with Crippen LogP contribution in [0.3, 0.4) is 0 Å². The Morgan fingerprint density at radius 3 is 1.97 bits per heavy atom. The highest BCUT2D eigenvalue weighted by Crippen LogP contribution is 2.48. The smallest absolute Gasteiger partial charge is 0.224 e. The number of benzene rings is 2. The number of alkyl halides is 6. The van der Waals surface area contributed by atoms with Gasteiger partial charge < -0.3 is 0 Å². The third kappa shape index (κ3) is 6.16. The van der Waals surface area contributed by atoms with Gasteiger partial charge in [-0.3, -0.25) is 0 Å². The quantitative estimate of drug-likeness (QED) is 0.249. The van der Waals surface area contributed by atoms with E-state index in [1.807, 2.05) is 0 Å². The molecule has 1 aliphatic rings. The summed E-state index contributed by atoms with van der Waals surface area (Å²) in [4.78, 5) is -1.46. The molecule has 0 unspecified atom stereocenters. The summed E-state index contributed by atoms with van der Waals surface area (Å²) in [6.45, 7) is 2.66. The normalized spacial score (nSPS) is 19.3. The first-order chi connectivity index (χ1) is 17.2. The van der Waals surface area contributed by atoms with Gasteiger partial charge in [-0.05, 0) is 87.8 Å². The van der Waals surface area contributed by atoms with Crippen LogP contribution in [0.15, 0.2) is 46.2 Å². The Morgan fingerprint density at radius 2 is 1.42 bits per heavy atom. The van der Waals surface area contributed by atoms with Crippen molar-refractivity contribution in [2.24, 2.45) is 11.8 Å². The van der Waals surface area contributed by atoms with Crippen LogP contribution in [-0.4, -0.2) is 27.3 Å². The van der Waals surface area contributed by atoms with Gasteiger partial charge in [0, 0.05) is 0 Å². The first kappa shape index (κ1) is 30.3. The summed E-state index contributed by atoms with van der Waals surface area (Å²) in [7, 11) is -8.54. The minimum absolute atomic E-state index is 0.0461. The third-order valence-electron chi connectivity index (χ3n) is 7.05. The topological polar surface area (TPSA) is 68.3 Å². The highest BCUT2D eigenvalue weighted by molar-refractivity contribution is 7.92. The molecule has 212 valence electrons. The lowest BCUT2D eigenvalue weighted by Crippen LogP contribution is -2.46. The van der Waals surface area contributed by atoms with Gasteiger partial charge in [-0.15, -0.1) is 0 Å². The molecule has 0 aromatic heterocycles. The first-order valence-corrected chi connectivity index (χ1v) is 14.5. The van der Waals surface area contributed by atoms with Crippen molar-refractivity contribution in [1.82, 2.24) is 0 Å². The molecular weight excluding hydrogens is 568 g/mol. The molecular formula is C24H24F8O4S2. The summed E-state index contributed by atoms with van der Waals surface area (Å²) in [5, 5.41) is 0. The van der Waals surface area contributed by atoms with Gasteiger partial charge in [-0.25, -0.2) is 25.6 Å². The van der Waals surface area contributed by atoms with E-state index in [4.69, 9.17) is 0 Å². The molecule has 2 aromatic rings. The molecule has 1 fully saturated rings. The molecule has 0 spiro atoms. The second-order valence-electron chi connectivity index (χ2n) is 9.92. The summed E-state index contributed by atoms with van der Waals surface area (Å²) in [5.74, 6) is -4.07. The summed E-state index contributed by atoms with van der Waals surface area (Å²) in [6, 6.07) is 2.56. The maximum atomic E-state index is 13.8. The monoisotopic (exact) mass is 592 g/mol. The molecule has 0 N–H and O–H groups in total. The Morgan fingerprint density at radius 1 is 0.816 bits per heavy atom. The summed E-state index contributed by atoms with van der Waals surface area (Å²) in [5.41, 5.74) is -3.12. The second-order valence-corrected chi connectivity index (χ2v) is 14.6. The van der Waals surface area contributed by atoms with Crippen molar-refractivity contribution in [1.29, 1.82) is 0 Å². The standard InChI is InChI=1S/C24H24F8O4S2/c1-22(2,38(35,36)19-11-16(23(27,28)29)10-17(25)12-19)15-8-14(9-15)4-3-7-37(33,34)18-5-6-21(26)20(13-18)24(30,31)32/h5-6,10-15H,3-4,7-9H2,1-2H3. The average molecular weight is 593 g/mol. The maximum absolute atomic E-state index is 13.8. The molecule has 1 aliphatic carbocycles. The Labute approximate surface area is 214 Å². The van der Waals surface area contributed by atoms with Gasteiger partial charge >= 0.3 is 12.4 Å². The minimum Gasteiger partial charge on any atom is -0.224 e. The Balaban J connectivity index is 1.63. The van der Waals surface area contributed by atoms with E-state index < -0.39 is 81.0 Å². The van der Waals surface area contributed by atoms with E-state index in [0.717, 1.165) is 6.07 Å². The summed E-state index contributed by atoms with van der Waals surface area (Å²) in [6.07, 6.45) is -9.04. The van der Waals surface area contributed by atoms with Gasteiger partial charge in [0.25, 0.3) is 0 Å². The fourth-order valence-corrected chi connectivity index (χ4v) is 7.68. The zero-order valence-electron chi connectivity index (χ0n) is 20.1. The van der Waals surface area contributed by atoms with E-state index in [1.165, 1.54) is 13.8 Å². The van der Waals surface area contributed by atoms with Crippen LogP contribution in [0.4, 0.5) is 35.1 Å². The molecule has 1 saturated carbocycles. The SMILES string of the molecule is CC(C)(C1CC(CCCS(=O)(=O)c2ccc(F)c(C(F)(F)F)c2)C1)S(=O)(=O)c1cc(F)cc(C(F)(F)F)c1. The van der Waals surface area contributed by atoms with Crippen molar-refractivity contribution in [3.63, 3.8) is 0 Å². The molecule has 0 radical (unpaired) electrons.